The predicted octanol–water partition coefficient (Wildman–Crippen LogP) is 2.77. The van der Waals surface area contributed by atoms with Crippen LogP contribution in [0.5, 0.6) is 0 Å². The van der Waals surface area contributed by atoms with E-state index in [0.29, 0.717) is 5.76 Å². The molecule has 0 bridgehead atoms. The molecule has 0 radical (unpaired) electrons. The fourth-order valence-corrected chi connectivity index (χ4v) is 2.90. The topological polar surface area (TPSA) is 62.5 Å². The summed E-state index contributed by atoms with van der Waals surface area (Å²) in [6.45, 7) is 1.89. The smallest absolute Gasteiger partial charge is 0.287 e. The fourth-order valence-electron chi connectivity index (χ4n) is 2.90. The number of hydrogen-bond acceptors (Lipinski definition) is 3. The number of carbonyl (C=O) groups excluding carboxylic acids is 1. The summed E-state index contributed by atoms with van der Waals surface area (Å²) >= 11 is 0. The van der Waals surface area contributed by atoms with Crippen LogP contribution in [0.4, 0.5) is 0 Å². The van der Waals surface area contributed by atoms with Crippen LogP contribution in [0.2, 0.25) is 0 Å². The Morgan fingerprint density at radius 2 is 2.05 bits per heavy atom. The van der Waals surface area contributed by atoms with Crippen molar-refractivity contribution in [2.75, 3.05) is 0 Å². The Labute approximate surface area is 117 Å². The van der Waals surface area contributed by atoms with Crippen molar-refractivity contribution in [3.8, 4) is 0 Å². The van der Waals surface area contributed by atoms with Crippen LogP contribution in [0.25, 0.3) is 11.0 Å². The lowest BCUT2D eigenvalue weighted by molar-refractivity contribution is 0.0699. The Morgan fingerprint density at radius 1 is 1.30 bits per heavy atom. The first-order chi connectivity index (χ1) is 9.66. The second-order valence-electron chi connectivity index (χ2n) is 5.48. The highest BCUT2D eigenvalue weighted by atomic mass is 16.3. The summed E-state index contributed by atoms with van der Waals surface area (Å²) in [7, 11) is 0. The molecule has 1 saturated carbocycles. The lowest BCUT2D eigenvalue weighted by Gasteiger charge is -2.28. The van der Waals surface area contributed by atoms with Gasteiger partial charge in [0, 0.05) is 10.9 Å². The third-order valence-corrected chi connectivity index (χ3v) is 4.10. The molecule has 4 heteroatoms. The molecule has 106 valence electrons. The van der Waals surface area contributed by atoms with Crippen molar-refractivity contribution in [1.29, 1.82) is 0 Å². The summed E-state index contributed by atoms with van der Waals surface area (Å²) in [6, 6.07) is 7.45. The molecule has 4 nitrogen and oxygen atoms in total. The third-order valence-electron chi connectivity index (χ3n) is 4.10. The van der Waals surface area contributed by atoms with Gasteiger partial charge < -0.3 is 14.8 Å². The first-order valence-electron chi connectivity index (χ1n) is 7.14. The summed E-state index contributed by atoms with van der Waals surface area (Å²) in [5.74, 6) is 0.119. The van der Waals surface area contributed by atoms with Gasteiger partial charge in [0.05, 0.1) is 12.1 Å². The third kappa shape index (κ3) is 2.31. The zero-order valence-corrected chi connectivity index (χ0v) is 11.6. The van der Waals surface area contributed by atoms with Crippen LogP contribution in [0.1, 0.15) is 41.8 Å². The highest BCUT2D eigenvalue weighted by Gasteiger charge is 2.27. The lowest BCUT2D eigenvalue weighted by Crippen LogP contribution is -2.45. The Kier molecular flexibility index (Phi) is 3.49. The van der Waals surface area contributed by atoms with Crippen LogP contribution in [0.15, 0.2) is 28.7 Å². The summed E-state index contributed by atoms with van der Waals surface area (Å²) in [5, 5.41) is 13.8. The number of hydrogen-bond donors (Lipinski definition) is 2. The van der Waals surface area contributed by atoms with Crippen LogP contribution in [0, 0.1) is 6.92 Å². The quantitative estimate of drug-likeness (QED) is 0.884. The normalized spacial score (nSPS) is 22.9. The molecule has 1 aliphatic carbocycles. The average Bonchev–Trinajstić information content (AvgIpc) is 2.79. The molecule has 2 aromatic rings. The first-order valence-corrected chi connectivity index (χ1v) is 7.14. The standard InChI is InChI=1S/C16H19NO3/c1-10-11-6-2-5-9-14(11)20-15(10)16(19)17-12-7-3-4-8-13(12)18/h2,5-6,9,12-13,18H,3-4,7-8H2,1H3,(H,17,19). The van der Waals surface area contributed by atoms with Gasteiger partial charge in [-0.05, 0) is 25.8 Å². The molecule has 1 amide bonds. The molecule has 20 heavy (non-hydrogen) atoms. The zero-order chi connectivity index (χ0) is 14.1. The van der Waals surface area contributed by atoms with Gasteiger partial charge in [0.25, 0.3) is 5.91 Å². The van der Waals surface area contributed by atoms with Crippen molar-refractivity contribution in [1.82, 2.24) is 5.32 Å². The van der Waals surface area contributed by atoms with E-state index in [-0.39, 0.29) is 11.9 Å². The molecule has 1 aromatic heterocycles. The maximum Gasteiger partial charge on any atom is 0.287 e. The summed E-state index contributed by atoms with van der Waals surface area (Å²) < 4.78 is 5.64. The van der Waals surface area contributed by atoms with E-state index in [4.69, 9.17) is 4.42 Å². The summed E-state index contributed by atoms with van der Waals surface area (Å²) in [4.78, 5) is 12.3. The number of amides is 1. The van der Waals surface area contributed by atoms with Gasteiger partial charge in [-0.15, -0.1) is 0 Å². The Hall–Kier alpha value is -1.81. The number of aliphatic hydroxyl groups is 1. The monoisotopic (exact) mass is 273 g/mol. The molecule has 1 heterocycles. The molecular formula is C16H19NO3. The minimum Gasteiger partial charge on any atom is -0.451 e. The van der Waals surface area contributed by atoms with Crippen molar-refractivity contribution in [3.05, 3.63) is 35.6 Å². The molecule has 0 saturated heterocycles. The molecule has 3 rings (SSSR count). The van der Waals surface area contributed by atoms with Gasteiger partial charge in [-0.25, -0.2) is 0 Å². The van der Waals surface area contributed by atoms with Crippen molar-refractivity contribution in [2.24, 2.45) is 0 Å². The minimum atomic E-state index is -0.447. The highest BCUT2D eigenvalue weighted by Crippen LogP contribution is 2.25. The van der Waals surface area contributed by atoms with Crippen LogP contribution < -0.4 is 5.32 Å². The summed E-state index contributed by atoms with van der Waals surface area (Å²) in [5.41, 5.74) is 1.57. The number of aliphatic hydroxyl groups excluding tert-OH is 1. The van der Waals surface area contributed by atoms with Gasteiger partial charge >= 0.3 is 0 Å². The fraction of sp³-hybridized carbons (Fsp3) is 0.438. The number of para-hydroxylation sites is 1. The van der Waals surface area contributed by atoms with E-state index in [9.17, 15) is 9.90 Å². The molecule has 2 atom stereocenters. The zero-order valence-electron chi connectivity index (χ0n) is 11.6. The number of fused-ring (bicyclic) bond motifs is 1. The molecule has 1 fully saturated rings. The van der Waals surface area contributed by atoms with Crippen molar-refractivity contribution in [2.45, 2.75) is 44.8 Å². The number of nitrogens with one attached hydrogen (secondary N) is 1. The van der Waals surface area contributed by atoms with Gasteiger partial charge in [-0.1, -0.05) is 31.0 Å². The van der Waals surface area contributed by atoms with Gasteiger partial charge in [-0.3, -0.25) is 4.79 Å². The molecule has 1 aromatic carbocycles. The minimum absolute atomic E-state index is 0.163. The van der Waals surface area contributed by atoms with E-state index < -0.39 is 6.10 Å². The maximum atomic E-state index is 12.3. The number of carbonyl (C=O) groups is 1. The van der Waals surface area contributed by atoms with Gasteiger partial charge in [0.1, 0.15) is 5.58 Å². The Balaban J connectivity index is 1.83. The largest absolute Gasteiger partial charge is 0.451 e. The van der Waals surface area contributed by atoms with Crippen LogP contribution in [-0.2, 0) is 0 Å². The van der Waals surface area contributed by atoms with E-state index in [2.05, 4.69) is 5.32 Å². The van der Waals surface area contributed by atoms with Crippen LogP contribution in [-0.4, -0.2) is 23.2 Å². The molecule has 0 spiro atoms. The van der Waals surface area contributed by atoms with E-state index >= 15 is 0 Å². The predicted molar refractivity (Wildman–Crippen MR) is 76.7 cm³/mol. The molecule has 2 N–H and O–H groups in total. The Morgan fingerprint density at radius 3 is 2.80 bits per heavy atom. The number of rotatable bonds is 2. The van der Waals surface area contributed by atoms with E-state index in [0.717, 1.165) is 42.2 Å². The van der Waals surface area contributed by atoms with E-state index in [1.807, 2.05) is 31.2 Å². The summed E-state index contributed by atoms with van der Waals surface area (Å²) in [6.07, 6.45) is 3.20. The Bertz CT molecular complexity index is 632. The van der Waals surface area contributed by atoms with Gasteiger partial charge in [0.2, 0.25) is 0 Å². The van der Waals surface area contributed by atoms with Crippen LogP contribution >= 0.6 is 0 Å². The van der Waals surface area contributed by atoms with Gasteiger partial charge in [-0.2, -0.15) is 0 Å². The molecule has 0 aliphatic heterocycles. The molecule has 2 unspecified atom stereocenters. The number of benzene rings is 1. The maximum absolute atomic E-state index is 12.3. The SMILES string of the molecule is Cc1c(C(=O)NC2CCCCC2O)oc2ccccc12. The van der Waals surface area contributed by atoms with Crippen molar-refractivity contribution in [3.63, 3.8) is 0 Å². The van der Waals surface area contributed by atoms with Gasteiger partial charge in [0.15, 0.2) is 5.76 Å². The van der Waals surface area contributed by atoms with Crippen molar-refractivity contribution >= 4 is 16.9 Å². The molecule has 1 aliphatic rings. The second kappa shape index (κ2) is 5.29. The highest BCUT2D eigenvalue weighted by molar-refractivity contribution is 5.99. The van der Waals surface area contributed by atoms with Crippen molar-refractivity contribution < 1.29 is 14.3 Å². The second-order valence-corrected chi connectivity index (χ2v) is 5.48. The van der Waals surface area contributed by atoms with E-state index in [1.165, 1.54) is 0 Å². The van der Waals surface area contributed by atoms with Crippen LogP contribution in [0.3, 0.4) is 0 Å². The average molecular weight is 273 g/mol. The van der Waals surface area contributed by atoms with E-state index in [1.54, 1.807) is 0 Å². The molecular weight excluding hydrogens is 254 g/mol. The first kappa shape index (κ1) is 13.2. The number of furan rings is 1. The lowest BCUT2D eigenvalue weighted by atomic mass is 9.92. The number of aryl methyl sites for hydroxylation is 1.